The summed E-state index contributed by atoms with van der Waals surface area (Å²) in [7, 11) is 0. The summed E-state index contributed by atoms with van der Waals surface area (Å²) < 4.78 is 12.9. The summed E-state index contributed by atoms with van der Waals surface area (Å²) in [5, 5.41) is 0. The Morgan fingerprint density at radius 1 is 1.53 bits per heavy atom. The first kappa shape index (κ1) is 11.9. The second-order valence-electron chi connectivity index (χ2n) is 4.46. The molecule has 0 bridgehead atoms. The van der Waals surface area contributed by atoms with E-state index < -0.39 is 5.82 Å². The molecule has 0 heterocycles. The fourth-order valence-corrected chi connectivity index (χ4v) is 1.96. The molecule has 2 rings (SSSR count). The largest absolute Gasteiger partial charge is 0.398 e. The zero-order chi connectivity index (χ0) is 12.4. The zero-order valence-corrected chi connectivity index (χ0v) is 9.95. The van der Waals surface area contributed by atoms with Crippen LogP contribution in [0.3, 0.4) is 0 Å². The van der Waals surface area contributed by atoms with Gasteiger partial charge in [0, 0.05) is 18.3 Å². The average molecular weight is 236 g/mol. The third-order valence-corrected chi connectivity index (χ3v) is 2.96. The molecule has 1 fully saturated rings. The van der Waals surface area contributed by atoms with Crippen molar-refractivity contribution in [1.82, 2.24) is 4.90 Å². The lowest BCUT2D eigenvalue weighted by Crippen LogP contribution is -2.34. The Kier molecular flexibility index (Phi) is 3.31. The van der Waals surface area contributed by atoms with Crippen molar-refractivity contribution in [2.24, 2.45) is 0 Å². The molecule has 0 atom stereocenters. The van der Waals surface area contributed by atoms with E-state index in [0.29, 0.717) is 11.6 Å². The lowest BCUT2D eigenvalue weighted by Gasteiger charge is -2.22. The molecule has 4 heteroatoms. The number of rotatable bonds is 4. The van der Waals surface area contributed by atoms with E-state index in [1.54, 1.807) is 0 Å². The van der Waals surface area contributed by atoms with Crippen LogP contribution in [0.4, 0.5) is 10.1 Å². The van der Waals surface area contributed by atoms with Crippen LogP contribution in [0.5, 0.6) is 0 Å². The van der Waals surface area contributed by atoms with E-state index >= 15 is 0 Å². The average Bonchev–Trinajstić information content (AvgIpc) is 3.09. The van der Waals surface area contributed by atoms with E-state index in [2.05, 4.69) is 0 Å². The van der Waals surface area contributed by atoms with Gasteiger partial charge in [-0.25, -0.2) is 4.39 Å². The van der Waals surface area contributed by atoms with Gasteiger partial charge in [-0.1, -0.05) is 6.92 Å². The van der Waals surface area contributed by atoms with Crippen molar-refractivity contribution in [3.05, 3.63) is 29.6 Å². The number of hydrogen-bond donors (Lipinski definition) is 1. The van der Waals surface area contributed by atoms with Gasteiger partial charge >= 0.3 is 0 Å². The van der Waals surface area contributed by atoms with E-state index in [4.69, 9.17) is 5.73 Å². The van der Waals surface area contributed by atoms with Crippen molar-refractivity contribution in [1.29, 1.82) is 0 Å². The van der Waals surface area contributed by atoms with Gasteiger partial charge in [-0.05, 0) is 37.5 Å². The molecule has 1 saturated carbocycles. The lowest BCUT2D eigenvalue weighted by atomic mass is 10.1. The van der Waals surface area contributed by atoms with Crippen molar-refractivity contribution >= 4 is 11.6 Å². The summed E-state index contributed by atoms with van der Waals surface area (Å²) in [5.74, 6) is -0.487. The highest BCUT2D eigenvalue weighted by molar-refractivity contribution is 5.99. The number of carbonyl (C=O) groups excluding carboxylic acids is 1. The van der Waals surface area contributed by atoms with Gasteiger partial charge in [0.25, 0.3) is 5.91 Å². The number of benzene rings is 1. The molecular weight excluding hydrogens is 219 g/mol. The predicted octanol–water partition coefficient (Wildman–Crippen LogP) is 2.42. The van der Waals surface area contributed by atoms with Crippen LogP contribution < -0.4 is 5.73 Å². The zero-order valence-electron chi connectivity index (χ0n) is 9.95. The van der Waals surface area contributed by atoms with Gasteiger partial charge in [0.2, 0.25) is 0 Å². The topological polar surface area (TPSA) is 46.3 Å². The number of nitrogens with zero attached hydrogens (tertiary/aromatic N) is 1. The fraction of sp³-hybridized carbons (Fsp3) is 0.462. The monoisotopic (exact) mass is 236 g/mol. The maximum absolute atomic E-state index is 12.9. The van der Waals surface area contributed by atoms with Crippen LogP contribution in [0.15, 0.2) is 18.2 Å². The first-order chi connectivity index (χ1) is 8.13. The normalized spacial score (nSPS) is 14.7. The van der Waals surface area contributed by atoms with E-state index in [-0.39, 0.29) is 11.6 Å². The number of amides is 1. The number of anilines is 1. The lowest BCUT2D eigenvalue weighted by molar-refractivity contribution is 0.0744. The van der Waals surface area contributed by atoms with Crippen LogP contribution in [-0.4, -0.2) is 23.4 Å². The van der Waals surface area contributed by atoms with Crippen molar-refractivity contribution < 1.29 is 9.18 Å². The van der Waals surface area contributed by atoms with E-state index in [1.165, 1.54) is 18.2 Å². The van der Waals surface area contributed by atoms with Gasteiger partial charge in [-0.2, -0.15) is 0 Å². The molecule has 0 unspecified atom stereocenters. The third kappa shape index (κ3) is 2.57. The minimum atomic E-state index is -0.410. The Morgan fingerprint density at radius 3 is 2.76 bits per heavy atom. The molecule has 0 radical (unpaired) electrons. The molecular formula is C13H17FN2O. The maximum atomic E-state index is 12.9. The molecule has 0 saturated heterocycles. The van der Waals surface area contributed by atoms with Crippen molar-refractivity contribution in [3.63, 3.8) is 0 Å². The van der Waals surface area contributed by atoms with Crippen LogP contribution in [-0.2, 0) is 0 Å². The van der Waals surface area contributed by atoms with Crippen LogP contribution in [0, 0.1) is 5.82 Å². The maximum Gasteiger partial charge on any atom is 0.256 e. The number of nitrogens with two attached hydrogens (primary N) is 1. The second kappa shape index (κ2) is 4.73. The Morgan fingerprint density at radius 2 is 2.24 bits per heavy atom. The fourth-order valence-electron chi connectivity index (χ4n) is 1.96. The molecule has 1 amide bonds. The molecule has 1 aliphatic carbocycles. The van der Waals surface area contributed by atoms with E-state index in [1.807, 2.05) is 11.8 Å². The van der Waals surface area contributed by atoms with E-state index in [0.717, 1.165) is 25.8 Å². The number of halogens is 1. The number of hydrogen-bond acceptors (Lipinski definition) is 2. The molecule has 1 aliphatic rings. The molecule has 3 nitrogen and oxygen atoms in total. The Balaban J connectivity index is 2.22. The van der Waals surface area contributed by atoms with Crippen LogP contribution in [0.1, 0.15) is 36.5 Å². The molecule has 2 N–H and O–H groups in total. The molecule has 1 aromatic rings. The van der Waals surface area contributed by atoms with Gasteiger partial charge in [-0.15, -0.1) is 0 Å². The first-order valence-electron chi connectivity index (χ1n) is 5.99. The SMILES string of the molecule is CCCN(C(=O)c1ccc(F)cc1N)C1CC1. The quantitative estimate of drug-likeness (QED) is 0.816. The van der Waals surface area contributed by atoms with Crippen LogP contribution >= 0.6 is 0 Å². The minimum absolute atomic E-state index is 0.0770. The summed E-state index contributed by atoms with van der Waals surface area (Å²) in [6, 6.07) is 4.30. The van der Waals surface area contributed by atoms with Gasteiger partial charge < -0.3 is 10.6 Å². The van der Waals surface area contributed by atoms with Crippen LogP contribution in [0.2, 0.25) is 0 Å². The van der Waals surface area contributed by atoms with Gasteiger partial charge in [0.15, 0.2) is 0 Å². The summed E-state index contributed by atoms with van der Waals surface area (Å²) in [4.78, 5) is 14.1. The third-order valence-electron chi connectivity index (χ3n) is 2.96. The Hall–Kier alpha value is -1.58. The predicted molar refractivity (Wildman–Crippen MR) is 65.2 cm³/mol. The van der Waals surface area contributed by atoms with Gasteiger partial charge in [0.1, 0.15) is 5.82 Å². The second-order valence-corrected chi connectivity index (χ2v) is 4.46. The van der Waals surface area contributed by atoms with Crippen LogP contribution in [0.25, 0.3) is 0 Å². The molecule has 92 valence electrons. The number of carbonyl (C=O) groups is 1. The molecule has 0 aliphatic heterocycles. The molecule has 0 spiro atoms. The summed E-state index contributed by atoms with van der Waals surface area (Å²) in [6.07, 6.45) is 3.04. The highest BCUT2D eigenvalue weighted by atomic mass is 19.1. The van der Waals surface area contributed by atoms with Crippen molar-refractivity contribution in [3.8, 4) is 0 Å². The van der Waals surface area contributed by atoms with Crippen molar-refractivity contribution in [2.75, 3.05) is 12.3 Å². The highest BCUT2D eigenvalue weighted by Crippen LogP contribution is 2.29. The molecule has 17 heavy (non-hydrogen) atoms. The van der Waals surface area contributed by atoms with Crippen molar-refractivity contribution in [2.45, 2.75) is 32.2 Å². The summed E-state index contributed by atoms with van der Waals surface area (Å²) >= 11 is 0. The summed E-state index contributed by atoms with van der Waals surface area (Å²) in [6.45, 7) is 2.77. The molecule has 1 aromatic carbocycles. The van der Waals surface area contributed by atoms with Gasteiger partial charge in [-0.3, -0.25) is 4.79 Å². The summed E-state index contributed by atoms with van der Waals surface area (Å²) in [5.41, 5.74) is 6.32. The standard InChI is InChI=1S/C13H17FN2O/c1-2-7-16(10-4-5-10)13(17)11-6-3-9(14)8-12(11)15/h3,6,8,10H,2,4-5,7,15H2,1H3. The highest BCUT2D eigenvalue weighted by Gasteiger charge is 2.32. The minimum Gasteiger partial charge on any atom is -0.398 e. The Bertz CT molecular complexity index is 429. The smallest absolute Gasteiger partial charge is 0.256 e. The number of nitrogen functional groups attached to an aromatic ring is 1. The molecule has 0 aromatic heterocycles. The van der Waals surface area contributed by atoms with E-state index in [9.17, 15) is 9.18 Å². The first-order valence-corrected chi connectivity index (χ1v) is 5.99. The van der Waals surface area contributed by atoms with Gasteiger partial charge in [0.05, 0.1) is 5.56 Å². The Labute approximate surface area is 100 Å².